The molecule has 0 N–H and O–H groups in total. The standard InChI is InChI=1S/C20H21BrFNO4S/c1-13(14-3-7-18-19(11-14)27-10-2-9-26-18)23(16-5-6-16)28(24,25)20-8-4-15(22)12-17(20)21/h3-4,7-8,11-13,16H,2,5-6,9-10H2,1H3/t13-/m0/s1. The monoisotopic (exact) mass is 469 g/mol. The van der Waals surface area contributed by atoms with Crippen molar-refractivity contribution in [3.05, 3.63) is 52.3 Å². The van der Waals surface area contributed by atoms with Crippen molar-refractivity contribution in [2.24, 2.45) is 0 Å². The van der Waals surface area contributed by atoms with Crippen molar-refractivity contribution in [2.45, 2.75) is 43.2 Å². The number of hydrogen-bond acceptors (Lipinski definition) is 4. The predicted octanol–water partition coefficient (Wildman–Crippen LogP) is 4.66. The first-order chi connectivity index (χ1) is 13.4. The van der Waals surface area contributed by atoms with Crippen molar-refractivity contribution < 1.29 is 22.3 Å². The molecular weight excluding hydrogens is 449 g/mol. The molecule has 1 fully saturated rings. The molecule has 1 atom stereocenters. The molecule has 0 unspecified atom stereocenters. The predicted molar refractivity (Wildman–Crippen MR) is 107 cm³/mol. The Kier molecular flexibility index (Phi) is 5.37. The average molecular weight is 470 g/mol. The number of nitrogens with zero attached hydrogens (tertiary/aromatic N) is 1. The molecule has 150 valence electrons. The highest BCUT2D eigenvalue weighted by Gasteiger charge is 2.42. The maximum absolute atomic E-state index is 13.5. The Morgan fingerprint density at radius 1 is 1.11 bits per heavy atom. The second-order valence-corrected chi connectivity index (χ2v) is 9.74. The normalized spacial score (nSPS) is 18.0. The van der Waals surface area contributed by atoms with E-state index in [4.69, 9.17) is 9.47 Å². The van der Waals surface area contributed by atoms with Crippen LogP contribution >= 0.6 is 15.9 Å². The van der Waals surface area contributed by atoms with Crippen LogP contribution in [-0.2, 0) is 10.0 Å². The third-order valence-corrected chi connectivity index (χ3v) is 7.99. The van der Waals surface area contributed by atoms with Crippen LogP contribution in [0.15, 0.2) is 45.8 Å². The van der Waals surface area contributed by atoms with Crippen molar-refractivity contribution in [1.82, 2.24) is 4.31 Å². The molecule has 28 heavy (non-hydrogen) atoms. The van der Waals surface area contributed by atoms with E-state index in [9.17, 15) is 12.8 Å². The summed E-state index contributed by atoms with van der Waals surface area (Å²) in [5.41, 5.74) is 0.831. The molecule has 4 rings (SSSR count). The molecule has 2 aromatic carbocycles. The van der Waals surface area contributed by atoms with Crippen molar-refractivity contribution in [3.63, 3.8) is 0 Å². The zero-order valence-corrected chi connectivity index (χ0v) is 17.8. The lowest BCUT2D eigenvalue weighted by Gasteiger charge is -2.29. The minimum absolute atomic E-state index is 0.0621. The molecule has 1 saturated carbocycles. The van der Waals surface area contributed by atoms with Crippen molar-refractivity contribution in [3.8, 4) is 11.5 Å². The van der Waals surface area contributed by atoms with Gasteiger partial charge in [0.15, 0.2) is 11.5 Å². The lowest BCUT2D eigenvalue weighted by atomic mass is 10.1. The minimum Gasteiger partial charge on any atom is -0.490 e. The lowest BCUT2D eigenvalue weighted by Crippen LogP contribution is -2.35. The molecule has 0 spiro atoms. The minimum atomic E-state index is -3.81. The second-order valence-electron chi connectivity index (χ2n) is 7.07. The van der Waals surface area contributed by atoms with Gasteiger partial charge in [-0.05, 0) is 71.6 Å². The number of sulfonamides is 1. The molecule has 2 aliphatic rings. The molecule has 5 nitrogen and oxygen atoms in total. The second kappa shape index (κ2) is 7.65. The van der Waals surface area contributed by atoms with Gasteiger partial charge < -0.3 is 9.47 Å². The van der Waals surface area contributed by atoms with Gasteiger partial charge in [0.2, 0.25) is 10.0 Å². The van der Waals surface area contributed by atoms with Crippen LogP contribution in [0.4, 0.5) is 4.39 Å². The highest BCUT2D eigenvalue weighted by molar-refractivity contribution is 9.10. The van der Waals surface area contributed by atoms with Gasteiger partial charge in [0, 0.05) is 23.0 Å². The molecule has 0 saturated heterocycles. The Hall–Kier alpha value is -1.64. The van der Waals surface area contributed by atoms with E-state index >= 15 is 0 Å². The summed E-state index contributed by atoms with van der Waals surface area (Å²) in [5, 5.41) is 0. The summed E-state index contributed by atoms with van der Waals surface area (Å²) in [6, 6.07) is 8.76. The van der Waals surface area contributed by atoms with E-state index < -0.39 is 21.9 Å². The van der Waals surface area contributed by atoms with E-state index in [2.05, 4.69) is 15.9 Å². The molecule has 8 heteroatoms. The largest absolute Gasteiger partial charge is 0.490 e. The third kappa shape index (κ3) is 3.77. The number of benzene rings is 2. The summed E-state index contributed by atoms with van der Waals surface area (Å²) in [7, 11) is -3.81. The summed E-state index contributed by atoms with van der Waals surface area (Å²) in [6.07, 6.45) is 2.43. The molecule has 0 radical (unpaired) electrons. The molecule has 0 aromatic heterocycles. The van der Waals surface area contributed by atoms with Crippen LogP contribution in [0, 0.1) is 5.82 Å². The van der Waals surface area contributed by atoms with E-state index in [0.29, 0.717) is 24.7 Å². The maximum atomic E-state index is 13.5. The SMILES string of the molecule is C[C@@H](c1ccc2c(c1)OCCCO2)N(C1CC1)S(=O)(=O)c1ccc(F)cc1Br. The number of fused-ring (bicyclic) bond motifs is 1. The average Bonchev–Trinajstić information content (AvgIpc) is 3.47. The maximum Gasteiger partial charge on any atom is 0.245 e. The van der Waals surface area contributed by atoms with E-state index in [0.717, 1.165) is 24.8 Å². The molecule has 2 aromatic rings. The van der Waals surface area contributed by atoms with Gasteiger partial charge in [0.25, 0.3) is 0 Å². The van der Waals surface area contributed by atoms with Crippen LogP contribution in [-0.4, -0.2) is 32.0 Å². The summed E-state index contributed by atoms with van der Waals surface area (Å²) >= 11 is 3.20. The van der Waals surface area contributed by atoms with Crippen LogP contribution in [0.25, 0.3) is 0 Å². The molecular formula is C20H21BrFNO4S. The van der Waals surface area contributed by atoms with E-state index in [1.165, 1.54) is 22.5 Å². The summed E-state index contributed by atoms with van der Waals surface area (Å²) in [4.78, 5) is 0.0713. The van der Waals surface area contributed by atoms with Crippen LogP contribution in [0.1, 0.15) is 37.8 Å². The highest BCUT2D eigenvalue weighted by Crippen LogP contribution is 2.42. The fourth-order valence-corrected chi connectivity index (χ4v) is 6.31. The molecule has 1 aliphatic carbocycles. The van der Waals surface area contributed by atoms with Gasteiger partial charge in [-0.2, -0.15) is 4.31 Å². The van der Waals surface area contributed by atoms with Gasteiger partial charge in [-0.1, -0.05) is 6.07 Å². The van der Waals surface area contributed by atoms with E-state index in [-0.39, 0.29) is 15.4 Å². The van der Waals surface area contributed by atoms with Gasteiger partial charge in [-0.25, -0.2) is 12.8 Å². The fourth-order valence-electron chi connectivity index (χ4n) is 3.43. The molecule has 0 bridgehead atoms. The number of ether oxygens (including phenoxy) is 2. The Morgan fingerprint density at radius 2 is 1.82 bits per heavy atom. The summed E-state index contributed by atoms with van der Waals surface area (Å²) in [5.74, 6) is 0.827. The summed E-state index contributed by atoms with van der Waals surface area (Å²) < 4.78 is 53.5. The highest BCUT2D eigenvalue weighted by atomic mass is 79.9. The van der Waals surface area contributed by atoms with Gasteiger partial charge >= 0.3 is 0 Å². The molecule has 1 heterocycles. The van der Waals surface area contributed by atoms with Crippen LogP contribution < -0.4 is 9.47 Å². The Labute approximate surface area is 172 Å². The lowest BCUT2D eigenvalue weighted by molar-refractivity contribution is 0.296. The third-order valence-electron chi connectivity index (χ3n) is 4.99. The number of rotatable bonds is 5. The van der Waals surface area contributed by atoms with Crippen LogP contribution in [0.3, 0.4) is 0 Å². The smallest absolute Gasteiger partial charge is 0.245 e. The fraction of sp³-hybridized carbons (Fsp3) is 0.400. The molecule has 0 amide bonds. The summed E-state index contributed by atoms with van der Waals surface area (Å²) in [6.45, 7) is 3.04. The Bertz CT molecular complexity index is 994. The first-order valence-corrected chi connectivity index (χ1v) is 11.5. The first-order valence-electron chi connectivity index (χ1n) is 9.26. The molecule has 1 aliphatic heterocycles. The van der Waals surface area contributed by atoms with Crippen molar-refractivity contribution in [2.75, 3.05) is 13.2 Å². The van der Waals surface area contributed by atoms with Crippen LogP contribution in [0.2, 0.25) is 0 Å². The Morgan fingerprint density at radius 3 is 2.50 bits per heavy atom. The van der Waals surface area contributed by atoms with E-state index in [1.54, 1.807) is 0 Å². The van der Waals surface area contributed by atoms with Gasteiger partial charge in [-0.15, -0.1) is 0 Å². The topological polar surface area (TPSA) is 55.8 Å². The Balaban J connectivity index is 1.71. The number of hydrogen-bond donors (Lipinski definition) is 0. The van der Waals surface area contributed by atoms with Crippen molar-refractivity contribution in [1.29, 1.82) is 0 Å². The van der Waals surface area contributed by atoms with E-state index in [1.807, 2.05) is 25.1 Å². The quantitative estimate of drug-likeness (QED) is 0.638. The van der Waals surface area contributed by atoms with Crippen LogP contribution in [0.5, 0.6) is 11.5 Å². The van der Waals surface area contributed by atoms with Gasteiger partial charge in [-0.3, -0.25) is 0 Å². The zero-order chi connectivity index (χ0) is 19.9. The van der Waals surface area contributed by atoms with Gasteiger partial charge in [0.05, 0.1) is 18.1 Å². The first kappa shape index (κ1) is 19.7. The zero-order valence-electron chi connectivity index (χ0n) is 15.4. The van der Waals surface area contributed by atoms with Crippen molar-refractivity contribution >= 4 is 26.0 Å². The van der Waals surface area contributed by atoms with Gasteiger partial charge in [0.1, 0.15) is 5.82 Å². The number of halogens is 2.